The molecule has 0 aliphatic carbocycles. The lowest BCUT2D eigenvalue weighted by atomic mass is 9.88. The summed E-state index contributed by atoms with van der Waals surface area (Å²) < 4.78 is 0. The van der Waals surface area contributed by atoms with Crippen LogP contribution in [0.4, 0.5) is 0 Å². The minimum absolute atomic E-state index is 0.00438. The molecule has 0 saturated carbocycles. The Morgan fingerprint density at radius 2 is 2.18 bits per heavy atom. The second-order valence-corrected chi connectivity index (χ2v) is 5.32. The molecular weight excluding hydrogens is 216 g/mol. The van der Waals surface area contributed by atoms with Gasteiger partial charge in [-0.3, -0.25) is 14.5 Å². The summed E-state index contributed by atoms with van der Waals surface area (Å²) in [6, 6.07) is 0.298. The molecule has 3 unspecified atom stereocenters. The standard InChI is InChI=1S/C13H22N2O2/c1-3-10-5-4-6-14-11(10)8-15-12(16)7-9(2)13(15)17/h9-11,14H,3-8H2,1-2H3. The Morgan fingerprint density at radius 3 is 2.76 bits per heavy atom. The first-order valence-electron chi connectivity index (χ1n) is 6.71. The Morgan fingerprint density at radius 1 is 1.41 bits per heavy atom. The van der Waals surface area contributed by atoms with Crippen LogP contribution in [0.15, 0.2) is 0 Å². The van der Waals surface area contributed by atoms with Crippen molar-refractivity contribution in [2.75, 3.05) is 13.1 Å². The predicted molar refractivity (Wildman–Crippen MR) is 65.3 cm³/mol. The Bertz CT molecular complexity index is 317. The van der Waals surface area contributed by atoms with Gasteiger partial charge in [0.2, 0.25) is 11.8 Å². The number of hydrogen-bond donors (Lipinski definition) is 1. The molecule has 2 fully saturated rings. The maximum Gasteiger partial charge on any atom is 0.232 e. The summed E-state index contributed by atoms with van der Waals surface area (Å²) in [5, 5.41) is 3.46. The Hall–Kier alpha value is -0.900. The molecule has 17 heavy (non-hydrogen) atoms. The molecule has 2 amide bonds. The largest absolute Gasteiger partial charge is 0.312 e. The summed E-state index contributed by atoms with van der Waals surface area (Å²) in [5.41, 5.74) is 0. The number of nitrogens with zero attached hydrogens (tertiary/aromatic N) is 1. The van der Waals surface area contributed by atoms with E-state index in [4.69, 9.17) is 0 Å². The molecule has 0 aromatic heterocycles. The van der Waals surface area contributed by atoms with Crippen LogP contribution in [0.2, 0.25) is 0 Å². The summed E-state index contributed by atoms with van der Waals surface area (Å²) in [4.78, 5) is 25.1. The summed E-state index contributed by atoms with van der Waals surface area (Å²) in [7, 11) is 0. The van der Waals surface area contributed by atoms with E-state index in [9.17, 15) is 9.59 Å². The van der Waals surface area contributed by atoms with E-state index in [-0.39, 0.29) is 17.7 Å². The molecule has 0 aromatic rings. The van der Waals surface area contributed by atoms with Gasteiger partial charge >= 0.3 is 0 Å². The number of amides is 2. The fourth-order valence-electron chi connectivity index (χ4n) is 2.96. The molecule has 2 rings (SSSR count). The van der Waals surface area contributed by atoms with Gasteiger partial charge in [0.25, 0.3) is 0 Å². The van der Waals surface area contributed by atoms with Gasteiger partial charge in [0.15, 0.2) is 0 Å². The van der Waals surface area contributed by atoms with Gasteiger partial charge < -0.3 is 5.32 Å². The number of imide groups is 1. The van der Waals surface area contributed by atoms with Gasteiger partial charge in [-0.05, 0) is 25.3 Å². The first-order chi connectivity index (χ1) is 8.13. The number of piperidine rings is 1. The Labute approximate surface area is 103 Å². The van der Waals surface area contributed by atoms with Crippen molar-refractivity contribution < 1.29 is 9.59 Å². The Kier molecular flexibility index (Phi) is 3.82. The average Bonchev–Trinajstić information content (AvgIpc) is 2.57. The second kappa shape index (κ2) is 5.17. The molecule has 0 spiro atoms. The number of rotatable bonds is 3. The van der Waals surface area contributed by atoms with Crippen molar-refractivity contribution in [3.8, 4) is 0 Å². The van der Waals surface area contributed by atoms with Crippen LogP contribution in [0.5, 0.6) is 0 Å². The molecule has 0 bridgehead atoms. The van der Waals surface area contributed by atoms with Crippen molar-refractivity contribution in [1.82, 2.24) is 10.2 Å². The number of carbonyl (C=O) groups excluding carboxylic acids is 2. The third kappa shape index (κ3) is 2.51. The summed E-state index contributed by atoms with van der Waals surface area (Å²) in [6.07, 6.45) is 3.92. The molecule has 2 heterocycles. The van der Waals surface area contributed by atoms with Crippen molar-refractivity contribution in [3.05, 3.63) is 0 Å². The van der Waals surface area contributed by atoms with Crippen LogP contribution in [-0.2, 0) is 9.59 Å². The van der Waals surface area contributed by atoms with E-state index >= 15 is 0 Å². The lowest BCUT2D eigenvalue weighted by molar-refractivity contribution is -0.139. The number of carbonyl (C=O) groups is 2. The van der Waals surface area contributed by atoms with E-state index in [1.165, 1.54) is 17.7 Å². The zero-order valence-electron chi connectivity index (χ0n) is 10.7. The fourth-order valence-corrected chi connectivity index (χ4v) is 2.96. The van der Waals surface area contributed by atoms with E-state index in [2.05, 4.69) is 12.2 Å². The molecule has 3 atom stereocenters. The first-order valence-corrected chi connectivity index (χ1v) is 6.71. The minimum atomic E-state index is -0.119. The van der Waals surface area contributed by atoms with E-state index in [1.807, 2.05) is 6.92 Å². The van der Waals surface area contributed by atoms with Crippen LogP contribution < -0.4 is 5.32 Å². The predicted octanol–water partition coefficient (Wildman–Crippen LogP) is 1.16. The summed E-state index contributed by atoms with van der Waals surface area (Å²) in [6.45, 7) is 5.60. The molecule has 0 aromatic carbocycles. The highest BCUT2D eigenvalue weighted by atomic mass is 16.2. The van der Waals surface area contributed by atoms with E-state index < -0.39 is 0 Å². The van der Waals surface area contributed by atoms with Crippen LogP contribution >= 0.6 is 0 Å². The normalized spacial score (nSPS) is 34.5. The highest BCUT2D eigenvalue weighted by molar-refractivity contribution is 6.03. The third-order valence-corrected chi connectivity index (χ3v) is 4.10. The van der Waals surface area contributed by atoms with Gasteiger partial charge in [0, 0.05) is 24.9 Å². The number of nitrogens with one attached hydrogen (secondary N) is 1. The van der Waals surface area contributed by atoms with Crippen molar-refractivity contribution in [2.24, 2.45) is 11.8 Å². The zero-order chi connectivity index (χ0) is 12.4. The van der Waals surface area contributed by atoms with Gasteiger partial charge in [0.1, 0.15) is 0 Å². The van der Waals surface area contributed by atoms with Crippen molar-refractivity contribution in [2.45, 2.75) is 45.6 Å². The van der Waals surface area contributed by atoms with Gasteiger partial charge in [0.05, 0.1) is 0 Å². The number of likely N-dealkylation sites (tertiary alicyclic amines) is 1. The van der Waals surface area contributed by atoms with Crippen molar-refractivity contribution in [1.29, 1.82) is 0 Å². The van der Waals surface area contributed by atoms with Crippen molar-refractivity contribution >= 4 is 11.8 Å². The highest BCUT2D eigenvalue weighted by Gasteiger charge is 2.38. The van der Waals surface area contributed by atoms with Crippen LogP contribution in [0.3, 0.4) is 0 Å². The molecule has 0 radical (unpaired) electrons. The molecule has 4 heteroatoms. The van der Waals surface area contributed by atoms with Gasteiger partial charge in [-0.25, -0.2) is 0 Å². The first kappa shape index (κ1) is 12.6. The fraction of sp³-hybridized carbons (Fsp3) is 0.846. The minimum Gasteiger partial charge on any atom is -0.312 e. The monoisotopic (exact) mass is 238 g/mol. The van der Waals surface area contributed by atoms with Gasteiger partial charge in [-0.15, -0.1) is 0 Å². The zero-order valence-corrected chi connectivity index (χ0v) is 10.7. The Balaban J connectivity index is 1.99. The van der Waals surface area contributed by atoms with Crippen LogP contribution in [0, 0.1) is 11.8 Å². The number of hydrogen-bond acceptors (Lipinski definition) is 3. The summed E-state index contributed by atoms with van der Waals surface area (Å²) >= 11 is 0. The molecule has 2 aliphatic heterocycles. The lowest BCUT2D eigenvalue weighted by Crippen LogP contribution is -2.50. The van der Waals surface area contributed by atoms with Crippen LogP contribution in [-0.4, -0.2) is 35.8 Å². The van der Waals surface area contributed by atoms with Crippen LogP contribution in [0.1, 0.15) is 39.5 Å². The molecular formula is C13H22N2O2. The van der Waals surface area contributed by atoms with E-state index in [1.54, 1.807) is 0 Å². The SMILES string of the molecule is CCC1CCCNC1CN1C(=O)CC(C)C1=O. The highest BCUT2D eigenvalue weighted by Crippen LogP contribution is 2.24. The molecule has 2 saturated heterocycles. The topological polar surface area (TPSA) is 49.4 Å². The molecule has 96 valence electrons. The average molecular weight is 238 g/mol. The van der Waals surface area contributed by atoms with Gasteiger partial charge in [-0.1, -0.05) is 20.3 Å². The maximum absolute atomic E-state index is 11.9. The van der Waals surface area contributed by atoms with E-state index in [0.29, 0.717) is 24.9 Å². The maximum atomic E-state index is 11.9. The van der Waals surface area contributed by atoms with Gasteiger partial charge in [-0.2, -0.15) is 0 Å². The van der Waals surface area contributed by atoms with Crippen LogP contribution in [0.25, 0.3) is 0 Å². The summed E-state index contributed by atoms with van der Waals surface area (Å²) in [5.74, 6) is 0.494. The van der Waals surface area contributed by atoms with E-state index in [0.717, 1.165) is 13.0 Å². The molecule has 4 nitrogen and oxygen atoms in total. The quantitative estimate of drug-likeness (QED) is 0.751. The second-order valence-electron chi connectivity index (χ2n) is 5.32. The third-order valence-electron chi connectivity index (χ3n) is 4.10. The lowest BCUT2D eigenvalue weighted by Gasteiger charge is -2.34. The van der Waals surface area contributed by atoms with Crippen molar-refractivity contribution in [3.63, 3.8) is 0 Å². The smallest absolute Gasteiger partial charge is 0.232 e. The molecule has 1 N–H and O–H groups in total. The molecule has 2 aliphatic rings.